The predicted octanol–water partition coefficient (Wildman–Crippen LogP) is 6.53. The van der Waals surface area contributed by atoms with Crippen molar-refractivity contribution >= 4 is 67.3 Å². The van der Waals surface area contributed by atoms with Crippen LogP contribution in [0.3, 0.4) is 0 Å². The number of ether oxygens (including phenoxy) is 1. The van der Waals surface area contributed by atoms with Gasteiger partial charge in [-0.3, -0.25) is 0 Å². The lowest BCUT2D eigenvalue weighted by Gasteiger charge is -2.15. The lowest BCUT2D eigenvalue weighted by atomic mass is 10.2. The van der Waals surface area contributed by atoms with Crippen LogP contribution in [-0.4, -0.2) is 30.6 Å². The van der Waals surface area contributed by atoms with Gasteiger partial charge in [0.05, 0.1) is 30.7 Å². The van der Waals surface area contributed by atoms with Gasteiger partial charge < -0.3 is 20.9 Å². The molecule has 0 radical (unpaired) electrons. The highest BCUT2D eigenvalue weighted by atomic mass is 127. The number of hydrogen-bond acceptors (Lipinski definition) is 6. The molecule has 0 aliphatic rings. The van der Waals surface area contributed by atoms with Crippen molar-refractivity contribution in [2.75, 3.05) is 30.5 Å². The highest BCUT2D eigenvalue weighted by Gasteiger charge is 2.09. The van der Waals surface area contributed by atoms with Crippen LogP contribution in [0.4, 0.5) is 15.8 Å². The number of nitrogens with two attached hydrogens (primary N) is 1. The monoisotopic (exact) mass is 604 g/mol. The number of halogens is 3. The molecule has 0 spiro atoms. The molecule has 0 aliphatic carbocycles. The normalized spacial score (nSPS) is 10.8. The van der Waals surface area contributed by atoms with Crippen LogP contribution in [-0.2, 0) is 11.3 Å². The Kier molecular flexibility index (Phi) is 17.5. The number of aliphatic hydroxyl groups is 1. The first-order valence-electron chi connectivity index (χ1n) is 8.57. The molecule has 0 unspecified atom stereocenters. The summed E-state index contributed by atoms with van der Waals surface area (Å²) in [6.45, 7) is 4.88. The second kappa shape index (κ2) is 17.6. The molecule has 0 bridgehead atoms. The SMILES string of the molecule is CC.CSSI.Nc1cc(Br)c(NC[C@@H](O)COCc2ccccc2)cc1F. The van der Waals surface area contributed by atoms with E-state index in [0.717, 1.165) is 5.56 Å². The van der Waals surface area contributed by atoms with Gasteiger partial charge in [-0.25, -0.2) is 4.39 Å². The topological polar surface area (TPSA) is 67.5 Å². The van der Waals surface area contributed by atoms with Crippen molar-refractivity contribution in [3.8, 4) is 0 Å². The maximum absolute atomic E-state index is 13.4. The van der Waals surface area contributed by atoms with Crippen molar-refractivity contribution in [1.82, 2.24) is 0 Å². The van der Waals surface area contributed by atoms with E-state index in [-0.39, 0.29) is 18.8 Å². The molecule has 9 heteroatoms. The van der Waals surface area contributed by atoms with E-state index >= 15 is 0 Å². The fourth-order valence-electron chi connectivity index (χ4n) is 1.87. The molecular weight excluding hydrogens is 578 g/mol. The van der Waals surface area contributed by atoms with Crippen molar-refractivity contribution < 1.29 is 14.2 Å². The Bertz CT molecular complexity index is 655. The third kappa shape index (κ3) is 12.4. The van der Waals surface area contributed by atoms with E-state index in [4.69, 9.17) is 10.5 Å². The standard InChI is InChI=1S/C16H18BrFN2O2.C2H6.CH3IS2/c17-13-6-15(19)14(18)7-16(13)20-8-12(21)10-22-9-11-4-2-1-3-5-11;1-2;1-3-4-2/h1-7,12,20-21H,8-10,19H2;1-2H3;1H3/t12-;;/m1../s1. The van der Waals surface area contributed by atoms with Gasteiger partial charge in [0.25, 0.3) is 0 Å². The van der Waals surface area contributed by atoms with Crippen LogP contribution >= 0.6 is 55.9 Å². The van der Waals surface area contributed by atoms with Gasteiger partial charge in [0.15, 0.2) is 0 Å². The summed E-state index contributed by atoms with van der Waals surface area (Å²) in [6, 6.07) is 12.5. The quantitative estimate of drug-likeness (QED) is 0.181. The van der Waals surface area contributed by atoms with Gasteiger partial charge in [0.1, 0.15) is 5.82 Å². The lowest BCUT2D eigenvalue weighted by Crippen LogP contribution is -2.25. The van der Waals surface area contributed by atoms with E-state index in [0.29, 0.717) is 16.8 Å². The molecule has 0 amide bonds. The van der Waals surface area contributed by atoms with E-state index in [1.807, 2.05) is 44.2 Å². The number of anilines is 2. The van der Waals surface area contributed by atoms with Crippen LogP contribution in [0.5, 0.6) is 0 Å². The molecule has 4 nitrogen and oxygen atoms in total. The molecule has 0 aromatic heterocycles. The zero-order valence-electron chi connectivity index (χ0n) is 16.1. The summed E-state index contributed by atoms with van der Waals surface area (Å²) in [5.74, 6) is -0.500. The maximum atomic E-state index is 13.4. The van der Waals surface area contributed by atoms with Gasteiger partial charge in [-0.2, -0.15) is 0 Å². The van der Waals surface area contributed by atoms with Crippen molar-refractivity contribution in [3.63, 3.8) is 0 Å². The van der Waals surface area contributed by atoms with Crippen LogP contribution in [0.2, 0.25) is 0 Å². The second-order valence-corrected chi connectivity index (χ2v) is 11.0. The van der Waals surface area contributed by atoms with E-state index in [1.165, 1.54) is 12.1 Å². The number of nitrogens with one attached hydrogen (secondary N) is 1. The molecule has 0 saturated carbocycles. The van der Waals surface area contributed by atoms with Gasteiger partial charge in [-0.15, -0.1) is 0 Å². The van der Waals surface area contributed by atoms with Gasteiger partial charge in [-0.1, -0.05) is 55.0 Å². The van der Waals surface area contributed by atoms with Crippen molar-refractivity contribution in [2.24, 2.45) is 0 Å². The highest BCUT2D eigenvalue weighted by molar-refractivity contribution is 14.2. The molecule has 2 aromatic rings. The maximum Gasteiger partial charge on any atom is 0.148 e. The van der Waals surface area contributed by atoms with E-state index in [2.05, 4.69) is 48.7 Å². The van der Waals surface area contributed by atoms with Crippen molar-refractivity contribution in [3.05, 3.63) is 58.3 Å². The molecule has 1 atom stereocenters. The van der Waals surface area contributed by atoms with E-state index in [1.54, 1.807) is 18.8 Å². The van der Waals surface area contributed by atoms with Crippen LogP contribution in [0.15, 0.2) is 46.9 Å². The van der Waals surface area contributed by atoms with Crippen molar-refractivity contribution in [2.45, 2.75) is 26.6 Å². The first-order valence-corrected chi connectivity index (χ1v) is 14.5. The summed E-state index contributed by atoms with van der Waals surface area (Å²) >= 11 is 5.52. The Balaban J connectivity index is 0.00000108. The van der Waals surface area contributed by atoms with Crippen LogP contribution in [0, 0.1) is 5.82 Å². The Morgan fingerprint density at radius 2 is 1.89 bits per heavy atom. The van der Waals surface area contributed by atoms with Gasteiger partial charge in [0.2, 0.25) is 0 Å². The average molecular weight is 605 g/mol. The second-order valence-electron chi connectivity index (χ2n) is 5.12. The third-order valence-electron chi connectivity index (χ3n) is 3.10. The number of aliphatic hydroxyl groups excluding tert-OH is 1. The zero-order chi connectivity index (χ0) is 21.4. The summed E-state index contributed by atoms with van der Waals surface area (Å²) in [4.78, 5) is 0. The highest BCUT2D eigenvalue weighted by Crippen LogP contribution is 2.27. The Morgan fingerprint density at radius 3 is 2.46 bits per heavy atom. The molecule has 0 saturated heterocycles. The summed E-state index contributed by atoms with van der Waals surface area (Å²) in [5, 5.41) is 12.8. The molecule has 158 valence electrons. The Labute approximate surface area is 195 Å². The first kappa shape index (κ1) is 27.8. The fourth-order valence-corrected chi connectivity index (χ4v) is 2.37. The van der Waals surface area contributed by atoms with Gasteiger partial charge in [-0.05, 0) is 41.8 Å². The molecule has 0 heterocycles. The van der Waals surface area contributed by atoms with Gasteiger partial charge in [0, 0.05) is 38.3 Å². The molecule has 2 aromatic carbocycles. The summed E-state index contributed by atoms with van der Waals surface area (Å²) < 4.78 is 19.5. The molecule has 0 aliphatic heterocycles. The van der Waals surface area contributed by atoms with E-state index < -0.39 is 11.9 Å². The van der Waals surface area contributed by atoms with Gasteiger partial charge >= 0.3 is 0 Å². The van der Waals surface area contributed by atoms with Crippen molar-refractivity contribution in [1.29, 1.82) is 0 Å². The summed E-state index contributed by atoms with van der Waals surface area (Å²) in [6.07, 6.45) is 1.35. The minimum Gasteiger partial charge on any atom is -0.396 e. The molecule has 28 heavy (non-hydrogen) atoms. The summed E-state index contributed by atoms with van der Waals surface area (Å²) in [7, 11) is 3.50. The number of nitrogen functional groups attached to an aromatic ring is 1. The average Bonchev–Trinajstić information content (AvgIpc) is 2.72. The fraction of sp³-hybridized carbons (Fsp3) is 0.368. The number of benzene rings is 2. The molecule has 2 rings (SSSR count). The largest absolute Gasteiger partial charge is 0.396 e. The van der Waals surface area contributed by atoms with Crippen LogP contribution < -0.4 is 11.1 Å². The van der Waals surface area contributed by atoms with E-state index in [9.17, 15) is 9.50 Å². The lowest BCUT2D eigenvalue weighted by molar-refractivity contribution is 0.0348. The number of rotatable bonds is 8. The predicted molar refractivity (Wildman–Crippen MR) is 136 cm³/mol. The van der Waals surface area contributed by atoms with Crippen LogP contribution in [0.1, 0.15) is 19.4 Å². The minimum atomic E-state index is -0.698. The first-order chi connectivity index (χ1) is 13.5. The number of hydrogen-bond donors (Lipinski definition) is 3. The Hall–Kier alpha value is -0.200. The third-order valence-corrected chi connectivity index (χ3v) is 7.50. The minimum absolute atomic E-state index is 0.0733. The molecule has 4 N–H and O–H groups in total. The van der Waals surface area contributed by atoms with Crippen LogP contribution in [0.25, 0.3) is 0 Å². The summed E-state index contributed by atoms with van der Waals surface area (Å²) in [5.41, 5.74) is 7.12. The molecular formula is C19H27BrFIN2O2S2. The Morgan fingerprint density at radius 1 is 1.29 bits per heavy atom. The molecule has 0 fully saturated rings. The smallest absolute Gasteiger partial charge is 0.148 e. The zero-order valence-corrected chi connectivity index (χ0v) is 21.5.